The molecule has 98 valence electrons. The molecule has 0 bridgehead atoms. The normalized spacial score (nSPS) is 13.9. The molecule has 1 N–H and O–H groups in total. The van der Waals surface area contributed by atoms with Gasteiger partial charge >= 0.3 is 6.18 Å². The number of thiophene rings is 1. The van der Waals surface area contributed by atoms with Crippen molar-refractivity contribution in [1.82, 2.24) is 4.98 Å². The maximum Gasteiger partial charge on any atom is 0.443 e. The average molecular weight is 334 g/mol. The number of thiazole rings is 1. The molecule has 0 saturated heterocycles. The number of hydrogen-bond donors (Lipinski definition) is 1. The molecule has 1 unspecified atom stereocenters. The Kier molecular flexibility index (Phi) is 3.89. The van der Waals surface area contributed by atoms with Crippen molar-refractivity contribution in [3.8, 4) is 0 Å². The molecule has 0 saturated carbocycles. The van der Waals surface area contributed by atoms with Crippen LogP contribution in [0.2, 0.25) is 8.67 Å². The van der Waals surface area contributed by atoms with Gasteiger partial charge in [0.05, 0.1) is 9.21 Å². The number of aliphatic hydroxyl groups excluding tert-OH is 1. The summed E-state index contributed by atoms with van der Waals surface area (Å²) in [4.78, 5) is 3.30. The highest BCUT2D eigenvalue weighted by atomic mass is 35.5. The van der Waals surface area contributed by atoms with E-state index in [1.54, 1.807) is 0 Å². The number of hydrogen-bond acceptors (Lipinski definition) is 4. The molecule has 2 aromatic rings. The maximum atomic E-state index is 12.4. The van der Waals surface area contributed by atoms with E-state index in [0.717, 1.165) is 17.5 Å². The van der Waals surface area contributed by atoms with Gasteiger partial charge in [-0.05, 0) is 6.07 Å². The molecule has 0 radical (unpaired) electrons. The first-order valence-corrected chi connectivity index (χ1v) is 6.83. The first kappa shape index (κ1) is 14.1. The van der Waals surface area contributed by atoms with Crippen LogP contribution < -0.4 is 0 Å². The van der Waals surface area contributed by atoms with Crippen LogP contribution in [0, 0.1) is 0 Å². The number of aliphatic hydroxyl groups is 1. The fourth-order valence-electron chi connectivity index (χ4n) is 1.24. The molecule has 0 spiro atoms. The van der Waals surface area contributed by atoms with E-state index in [4.69, 9.17) is 23.2 Å². The smallest absolute Gasteiger partial charge is 0.383 e. The molecule has 18 heavy (non-hydrogen) atoms. The van der Waals surface area contributed by atoms with E-state index in [2.05, 4.69) is 4.98 Å². The average Bonchev–Trinajstić information content (AvgIpc) is 2.83. The van der Waals surface area contributed by atoms with Gasteiger partial charge in [0.2, 0.25) is 0 Å². The number of halogens is 5. The summed E-state index contributed by atoms with van der Waals surface area (Å²) >= 11 is 12.9. The Labute approximate surface area is 118 Å². The SMILES string of the molecule is OC(c1cnc(C(F)(F)F)s1)c1cc(Cl)sc1Cl. The molecule has 2 heterocycles. The van der Waals surface area contributed by atoms with Gasteiger partial charge in [-0.1, -0.05) is 23.2 Å². The largest absolute Gasteiger partial charge is 0.443 e. The molecular weight excluding hydrogens is 330 g/mol. The van der Waals surface area contributed by atoms with Crippen LogP contribution in [0.15, 0.2) is 12.3 Å². The summed E-state index contributed by atoms with van der Waals surface area (Å²) in [6.07, 6.45) is -4.78. The van der Waals surface area contributed by atoms with Crippen molar-refractivity contribution in [3.63, 3.8) is 0 Å². The quantitative estimate of drug-likeness (QED) is 0.870. The molecule has 1 atom stereocenters. The van der Waals surface area contributed by atoms with E-state index in [9.17, 15) is 18.3 Å². The Morgan fingerprint density at radius 3 is 2.39 bits per heavy atom. The van der Waals surface area contributed by atoms with Gasteiger partial charge in [0.25, 0.3) is 0 Å². The van der Waals surface area contributed by atoms with Gasteiger partial charge < -0.3 is 5.11 Å². The summed E-state index contributed by atoms with van der Waals surface area (Å²) in [5.41, 5.74) is 0.282. The molecule has 2 aromatic heterocycles. The zero-order chi connectivity index (χ0) is 13.5. The fourth-order valence-corrected chi connectivity index (χ4v) is 3.55. The lowest BCUT2D eigenvalue weighted by Gasteiger charge is -2.06. The number of nitrogens with zero attached hydrogens (tertiary/aromatic N) is 1. The monoisotopic (exact) mass is 333 g/mol. The lowest BCUT2D eigenvalue weighted by atomic mass is 10.2. The predicted octanol–water partition coefficient (Wildman–Crippen LogP) is 4.61. The lowest BCUT2D eigenvalue weighted by molar-refractivity contribution is -0.137. The van der Waals surface area contributed by atoms with E-state index in [-0.39, 0.29) is 14.8 Å². The summed E-state index contributed by atoms with van der Waals surface area (Å²) in [6.45, 7) is 0. The first-order valence-electron chi connectivity index (χ1n) is 4.44. The van der Waals surface area contributed by atoms with E-state index in [0.29, 0.717) is 15.7 Å². The third kappa shape index (κ3) is 2.80. The predicted molar refractivity (Wildman–Crippen MR) is 65.5 cm³/mol. The third-order valence-corrected chi connectivity index (χ3v) is 4.63. The standard InChI is InChI=1S/C9H4Cl2F3NOS2/c10-5-1-3(7(11)18-5)6(16)4-2-15-8(17-4)9(12,13)14/h1-2,6,16H. The van der Waals surface area contributed by atoms with Crippen LogP contribution in [-0.4, -0.2) is 10.1 Å². The minimum absolute atomic E-state index is 0.0682. The number of alkyl halides is 3. The van der Waals surface area contributed by atoms with Gasteiger partial charge in [-0.2, -0.15) is 13.2 Å². The van der Waals surface area contributed by atoms with Crippen LogP contribution in [-0.2, 0) is 6.18 Å². The van der Waals surface area contributed by atoms with Gasteiger partial charge in [0, 0.05) is 11.8 Å². The molecule has 0 fully saturated rings. The van der Waals surface area contributed by atoms with Crippen LogP contribution in [0.4, 0.5) is 13.2 Å². The second-order valence-corrected chi connectivity index (χ2v) is 6.60. The Bertz CT molecular complexity index is 566. The van der Waals surface area contributed by atoms with E-state index in [1.165, 1.54) is 6.07 Å². The summed E-state index contributed by atoms with van der Waals surface area (Å²) < 4.78 is 37.7. The summed E-state index contributed by atoms with van der Waals surface area (Å²) in [6, 6.07) is 1.42. The third-order valence-electron chi connectivity index (χ3n) is 2.01. The van der Waals surface area contributed by atoms with E-state index < -0.39 is 17.3 Å². The Morgan fingerprint density at radius 2 is 1.94 bits per heavy atom. The first-order chi connectivity index (χ1) is 8.29. The Hall–Kier alpha value is -0.340. The maximum absolute atomic E-state index is 12.4. The molecular formula is C9H4Cl2F3NOS2. The van der Waals surface area contributed by atoms with Crippen molar-refractivity contribution < 1.29 is 18.3 Å². The van der Waals surface area contributed by atoms with Crippen molar-refractivity contribution >= 4 is 45.9 Å². The second-order valence-electron chi connectivity index (χ2n) is 3.25. The highest BCUT2D eigenvalue weighted by Crippen LogP contribution is 2.40. The van der Waals surface area contributed by atoms with E-state index in [1.807, 2.05) is 0 Å². The minimum Gasteiger partial charge on any atom is -0.383 e. The van der Waals surface area contributed by atoms with Crippen LogP contribution in [0.1, 0.15) is 21.6 Å². The van der Waals surface area contributed by atoms with Crippen molar-refractivity contribution in [2.45, 2.75) is 12.3 Å². The summed E-state index contributed by atoms with van der Waals surface area (Å²) in [5.74, 6) is 0. The molecule has 0 aromatic carbocycles. The van der Waals surface area contributed by atoms with Crippen LogP contribution >= 0.6 is 45.9 Å². The van der Waals surface area contributed by atoms with Crippen molar-refractivity contribution in [1.29, 1.82) is 0 Å². The molecule has 0 aliphatic carbocycles. The number of aromatic nitrogens is 1. The lowest BCUT2D eigenvalue weighted by Crippen LogP contribution is -2.03. The molecule has 0 aliphatic rings. The zero-order valence-electron chi connectivity index (χ0n) is 8.33. The van der Waals surface area contributed by atoms with Gasteiger partial charge in [-0.15, -0.1) is 22.7 Å². The van der Waals surface area contributed by atoms with Crippen LogP contribution in [0.5, 0.6) is 0 Å². The highest BCUT2D eigenvalue weighted by Gasteiger charge is 2.35. The molecule has 2 rings (SSSR count). The molecule has 2 nitrogen and oxygen atoms in total. The van der Waals surface area contributed by atoms with Crippen molar-refractivity contribution in [3.05, 3.63) is 36.4 Å². The van der Waals surface area contributed by atoms with Gasteiger partial charge in [0.1, 0.15) is 10.4 Å². The Morgan fingerprint density at radius 1 is 1.28 bits per heavy atom. The topological polar surface area (TPSA) is 33.1 Å². The molecule has 0 aliphatic heterocycles. The van der Waals surface area contributed by atoms with Gasteiger partial charge in [-0.3, -0.25) is 0 Å². The Balaban J connectivity index is 2.32. The summed E-state index contributed by atoms with van der Waals surface area (Å²) in [7, 11) is 0. The second kappa shape index (κ2) is 4.97. The molecule has 9 heteroatoms. The molecule has 0 amide bonds. The summed E-state index contributed by atoms with van der Waals surface area (Å²) in [5, 5.41) is 8.93. The van der Waals surface area contributed by atoms with Gasteiger partial charge in [-0.25, -0.2) is 4.98 Å². The minimum atomic E-state index is -4.52. The van der Waals surface area contributed by atoms with Crippen LogP contribution in [0.25, 0.3) is 0 Å². The van der Waals surface area contributed by atoms with Crippen molar-refractivity contribution in [2.24, 2.45) is 0 Å². The van der Waals surface area contributed by atoms with Crippen LogP contribution in [0.3, 0.4) is 0 Å². The van der Waals surface area contributed by atoms with Crippen molar-refractivity contribution in [2.75, 3.05) is 0 Å². The zero-order valence-corrected chi connectivity index (χ0v) is 11.5. The fraction of sp³-hybridized carbons (Fsp3) is 0.222. The highest BCUT2D eigenvalue weighted by molar-refractivity contribution is 7.20. The van der Waals surface area contributed by atoms with E-state index >= 15 is 0 Å². The van der Waals surface area contributed by atoms with Gasteiger partial charge in [0.15, 0.2) is 5.01 Å². The number of rotatable bonds is 2.